The van der Waals surface area contributed by atoms with Gasteiger partial charge in [0.2, 0.25) is 5.91 Å². The molecule has 0 aliphatic rings. The maximum absolute atomic E-state index is 12.5. The second-order valence-corrected chi connectivity index (χ2v) is 24.6. The van der Waals surface area contributed by atoms with Gasteiger partial charge < -0.3 is 20.3 Å². The van der Waals surface area contributed by atoms with E-state index in [2.05, 4.69) is 19.2 Å². The number of aliphatic hydroxyl groups is 2. The zero-order chi connectivity index (χ0) is 55.7. The first-order valence-electron chi connectivity index (χ1n) is 35.5. The number of carbonyl (C=O) groups excluding carboxylic acids is 2. The summed E-state index contributed by atoms with van der Waals surface area (Å²) in [6.45, 7) is 4.95. The van der Waals surface area contributed by atoms with Crippen molar-refractivity contribution in [3.8, 4) is 0 Å². The van der Waals surface area contributed by atoms with Crippen LogP contribution in [0.2, 0.25) is 0 Å². The summed E-state index contributed by atoms with van der Waals surface area (Å²) >= 11 is 0. The number of unbranched alkanes of at least 4 members (excludes halogenated alkanes) is 56. The van der Waals surface area contributed by atoms with Crippen molar-refractivity contribution in [2.75, 3.05) is 13.2 Å². The van der Waals surface area contributed by atoms with Gasteiger partial charge in [0.05, 0.1) is 25.4 Å². The monoisotopic (exact) mass is 1090 g/mol. The lowest BCUT2D eigenvalue weighted by Crippen LogP contribution is -2.45. The average molecular weight is 1090 g/mol. The molecule has 0 aliphatic carbocycles. The van der Waals surface area contributed by atoms with Gasteiger partial charge in [0.1, 0.15) is 0 Å². The van der Waals surface area contributed by atoms with Crippen molar-refractivity contribution >= 4 is 11.9 Å². The topological polar surface area (TPSA) is 95.9 Å². The van der Waals surface area contributed by atoms with Crippen LogP contribution in [-0.2, 0) is 14.3 Å². The number of carbonyl (C=O) groups is 2. The Hall–Kier alpha value is -1.40. The molecule has 458 valence electrons. The normalized spacial score (nSPS) is 12.5. The number of rotatable bonds is 67. The highest BCUT2D eigenvalue weighted by atomic mass is 16.5. The Morgan fingerprint density at radius 1 is 0.351 bits per heavy atom. The van der Waals surface area contributed by atoms with Crippen LogP contribution in [0.3, 0.4) is 0 Å². The SMILES string of the molecule is CCCCCCCCCCCCCCCCCCCCCCCC/C=C/C(O)C(CO)NC(=O)CCCCCCCCCCCCCCCCCCCCOC(=O)CCCCCCCCCCCCCCCCCCCC. The van der Waals surface area contributed by atoms with Crippen molar-refractivity contribution < 1.29 is 24.5 Å². The van der Waals surface area contributed by atoms with E-state index in [1.807, 2.05) is 6.08 Å². The van der Waals surface area contributed by atoms with Crippen LogP contribution in [-0.4, -0.2) is 47.4 Å². The van der Waals surface area contributed by atoms with Crippen LogP contribution in [0, 0.1) is 0 Å². The van der Waals surface area contributed by atoms with Gasteiger partial charge in [-0.1, -0.05) is 373 Å². The summed E-state index contributed by atoms with van der Waals surface area (Å²) in [6.07, 6.45) is 82.8. The summed E-state index contributed by atoms with van der Waals surface area (Å²) < 4.78 is 5.51. The highest BCUT2D eigenvalue weighted by Crippen LogP contribution is 2.19. The van der Waals surface area contributed by atoms with Gasteiger partial charge in [-0.3, -0.25) is 9.59 Å². The molecular weight excluding hydrogens is 947 g/mol. The second kappa shape index (κ2) is 67.1. The number of amides is 1. The first-order chi connectivity index (χ1) is 38.0. The number of hydrogen-bond donors (Lipinski definition) is 3. The van der Waals surface area contributed by atoms with Crippen molar-refractivity contribution in [3.63, 3.8) is 0 Å². The standard InChI is InChI=1S/C71H139NO5/c1-3-5-7-9-11-13-15-17-19-21-23-24-25-26-27-28-31-35-39-43-47-51-55-59-63-69(74)68(67-73)72-70(75)64-60-56-52-48-44-40-36-32-29-30-34-38-42-46-50-54-58-62-66-77-71(76)65-61-57-53-49-45-41-37-33-22-20-18-16-14-12-10-8-6-4-2/h59,63,68-69,73-74H,3-58,60-62,64-67H2,1-2H3,(H,72,75)/b63-59+. The molecule has 0 aromatic rings. The van der Waals surface area contributed by atoms with Gasteiger partial charge in [-0.05, 0) is 32.1 Å². The first-order valence-corrected chi connectivity index (χ1v) is 35.5. The highest BCUT2D eigenvalue weighted by Gasteiger charge is 2.18. The number of aliphatic hydroxyl groups excluding tert-OH is 2. The second-order valence-electron chi connectivity index (χ2n) is 24.6. The predicted molar refractivity (Wildman–Crippen MR) is 338 cm³/mol. The Bertz CT molecular complexity index is 1160. The predicted octanol–water partition coefficient (Wildman–Crippen LogP) is 22.8. The maximum Gasteiger partial charge on any atom is 0.305 e. The van der Waals surface area contributed by atoms with E-state index < -0.39 is 12.1 Å². The van der Waals surface area contributed by atoms with Crippen LogP contribution in [0.25, 0.3) is 0 Å². The quantitative estimate of drug-likeness (QED) is 0.0320. The van der Waals surface area contributed by atoms with Gasteiger partial charge in [0, 0.05) is 12.8 Å². The number of nitrogens with one attached hydrogen (secondary N) is 1. The number of ether oxygens (including phenoxy) is 1. The summed E-state index contributed by atoms with van der Waals surface area (Å²) in [5.74, 6) is -0.0544. The van der Waals surface area contributed by atoms with Crippen molar-refractivity contribution in [1.82, 2.24) is 5.32 Å². The first kappa shape index (κ1) is 75.6. The average Bonchev–Trinajstić information content (AvgIpc) is 3.43. The van der Waals surface area contributed by atoms with Crippen LogP contribution in [0.1, 0.15) is 406 Å². The van der Waals surface area contributed by atoms with Crippen LogP contribution in [0.5, 0.6) is 0 Å². The minimum Gasteiger partial charge on any atom is -0.466 e. The molecule has 0 rings (SSSR count). The lowest BCUT2D eigenvalue weighted by Gasteiger charge is -2.20. The molecule has 6 nitrogen and oxygen atoms in total. The van der Waals surface area contributed by atoms with E-state index in [1.54, 1.807) is 6.08 Å². The summed E-state index contributed by atoms with van der Waals surface area (Å²) in [4.78, 5) is 24.6. The van der Waals surface area contributed by atoms with Crippen molar-refractivity contribution in [2.24, 2.45) is 0 Å². The Kier molecular flexibility index (Phi) is 65.9. The third-order valence-corrected chi connectivity index (χ3v) is 16.8. The molecule has 0 saturated carbocycles. The fraction of sp³-hybridized carbons (Fsp3) is 0.944. The van der Waals surface area contributed by atoms with Crippen molar-refractivity contribution in [2.45, 2.75) is 418 Å². The van der Waals surface area contributed by atoms with Crippen LogP contribution in [0.15, 0.2) is 12.2 Å². The summed E-state index contributed by atoms with van der Waals surface area (Å²) in [5, 5.41) is 23.3. The molecule has 2 atom stereocenters. The summed E-state index contributed by atoms with van der Waals surface area (Å²) in [6, 6.07) is -0.632. The molecule has 3 N–H and O–H groups in total. The largest absolute Gasteiger partial charge is 0.466 e. The number of hydrogen-bond acceptors (Lipinski definition) is 5. The fourth-order valence-corrected chi connectivity index (χ4v) is 11.4. The molecule has 0 saturated heterocycles. The molecule has 0 aliphatic heterocycles. The minimum absolute atomic E-state index is 0.0123. The van der Waals surface area contributed by atoms with E-state index >= 15 is 0 Å². The third kappa shape index (κ3) is 63.6. The highest BCUT2D eigenvalue weighted by molar-refractivity contribution is 5.76. The van der Waals surface area contributed by atoms with Crippen molar-refractivity contribution in [3.05, 3.63) is 12.2 Å². The molecule has 0 aromatic heterocycles. The van der Waals surface area contributed by atoms with Gasteiger partial charge in [0.25, 0.3) is 0 Å². The molecule has 0 fully saturated rings. The molecule has 0 spiro atoms. The molecule has 0 heterocycles. The Balaban J connectivity index is 3.41. The summed E-state index contributed by atoms with van der Waals surface area (Å²) in [5.41, 5.74) is 0. The van der Waals surface area contributed by atoms with Crippen LogP contribution < -0.4 is 5.32 Å². The van der Waals surface area contributed by atoms with Gasteiger partial charge >= 0.3 is 5.97 Å². The molecule has 1 amide bonds. The van der Waals surface area contributed by atoms with Crippen LogP contribution >= 0.6 is 0 Å². The van der Waals surface area contributed by atoms with E-state index in [1.165, 1.54) is 340 Å². The van der Waals surface area contributed by atoms with E-state index in [9.17, 15) is 19.8 Å². The van der Waals surface area contributed by atoms with Crippen LogP contribution in [0.4, 0.5) is 0 Å². The number of esters is 1. The number of allylic oxidation sites excluding steroid dienone is 1. The lowest BCUT2D eigenvalue weighted by molar-refractivity contribution is -0.143. The molecule has 6 heteroatoms. The van der Waals surface area contributed by atoms with E-state index in [0.29, 0.717) is 19.4 Å². The van der Waals surface area contributed by atoms with E-state index in [0.717, 1.165) is 38.5 Å². The van der Waals surface area contributed by atoms with Gasteiger partial charge in [0.15, 0.2) is 0 Å². The molecule has 0 bridgehead atoms. The third-order valence-electron chi connectivity index (χ3n) is 16.8. The Labute approximate surface area is 482 Å². The molecule has 0 radical (unpaired) electrons. The van der Waals surface area contributed by atoms with E-state index in [-0.39, 0.29) is 18.5 Å². The maximum atomic E-state index is 12.5. The van der Waals surface area contributed by atoms with Crippen molar-refractivity contribution in [1.29, 1.82) is 0 Å². The zero-order valence-electron chi connectivity index (χ0n) is 52.5. The fourth-order valence-electron chi connectivity index (χ4n) is 11.4. The Morgan fingerprint density at radius 2 is 0.597 bits per heavy atom. The Morgan fingerprint density at radius 3 is 0.883 bits per heavy atom. The zero-order valence-corrected chi connectivity index (χ0v) is 52.5. The molecular formula is C71H139NO5. The summed E-state index contributed by atoms with van der Waals surface area (Å²) in [7, 11) is 0. The molecule has 0 aromatic carbocycles. The smallest absolute Gasteiger partial charge is 0.305 e. The molecule has 2 unspecified atom stereocenters. The minimum atomic E-state index is -0.848. The lowest BCUT2D eigenvalue weighted by atomic mass is 10.0. The van der Waals surface area contributed by atoms with E-state index in [4.69, 9.17) is 4.74 Å². The van der Waals surface area contributed by atoms with Gasteiger partial charge in [-0.15, -0.1) is 0 Å². The molecule has 77 heavy (non-hydrogen) atoms. The van der Waals surface area contributed by atoms with Gasteiger partial charge in [-0.25, -0.2) is 0 Å². The van der Waals surface area contributed by atoms with Gasteiger partial charge in [-0.2, -0.15) is 0 Å².